The van der Waals surface area contributed by atoms with Crippen molar-refractivity contribution in [2.24, 2.45) is 0 Å². The fourth-order valence-corrected chi connectivity index (χ4v) is 1.60. The summed E-state index contributed by atoms with van der Waals surface area (Å²) in [6, 6.07) is 0. The fourth-order valence-electron chi connectivity index (χ4n) is 1.60. The topological polar surface area (TPSA) is 44.1 Å². The van der Waals surface area contributed by atoms with Crippen LogP contribution in [0.4, 0.5) is 0 Å². The van der Waals surface area contributed by atoms with Crippen LogP contribution in [-0.2, 0) is 11.3 Å². The molecule has 0 atom stereocenters. The van der Waals surface area contributed by atoms with E-state index < -0.39 is 0 Å². The molecule has 1 aromatic rings. The molecule has 0 N–H and O–H groups in total. The maximum absolute atomic E-state index is 11.3. The van der Waals surface area contributed by atoms with Crippen LogP contribution in [0.5, 0.6) is 0 Å². The summed E-state index contributed by atoms with van der Waals surface area (Å²) in [6.45, 7) is 6.63. The quantitative estimate of drug-likeness (QED) is 0.683. The Morgan fingerprint density at radius 2 is 2.14 bits per heavy atom. The number of carbonyl (C=O) groups excluding carboxylic acids is 1. The van der Waals surface area contributed by atoms with Crippen LogP contribution in [0.25, 0.3) is 0 Å². The number of aromatic nitrogens is 2. The summed E-state index contributed by atoms with van der Waals surface area (Å²) in [5, 5.41) is 4.28. The maximum atomic E-state index is 11.3. The molecule has 4 heteroatoms. The zero-order valence-electron chi connectivity index (χ0n) is 9.13. The van der Waals surface area contributed by atoms with Gasteiger partial charge in [-0.05, 0) is 20.8 Å². The average Bonchev–Trinajstić information content (AvgIpc) is 2.38. The second kappa shape index (κ2) is 4.37. The molecule has 0 fully saturated rings. The molecule has 0 aliphatic carbocycles. The van der Waals surface area contributed by atoms with Gasteiger partial charge in [0, 0.05) is 12.8 Å². The van der Waals surface area contributed by atoms with E-state index in [2.05, 4.69) is 5.10 Å². The summed E-state index contributed by atoms with van der Waals surface area (Å²) < 4.78 is 6.78. The van der Waals surface area contributed by atoms with Gasteiger partial charge in [-0.3, -0.25) is 9.48 Å². The molecule has 0 aromatic carbocycles. The molecule has 0 unspecified atom stereocenters. The molecule has 1 heterocycles. The highest BCUT2D eigenvalue weighted by molar-refractivity contribution is 5.96. The molecule has 0 radical (unpaired) electrons. The van der Waals surface area contributed by atoms with Gasteiger partial charge in [-0.15, -0.1) is 0 Å². The monoisotopic (exact) mass is 196 g/mol. The second-order valence-electron chi connectivity index (χ2n) is 3.32. The van der Waals surface area contributed by atoms with Crippen LogP contribution in [0.15, 0.2) is 0 Å². The Morgan fingerprint density at radius 3 is 2.57 bits per heavy atom. The summed E-state index contributed by atoms with van der Waals surface area (Å²) in [6.07, 6.45) is 0. The number of methoxy groups -OCH3 is 1. The lowest BCUT2D eigenvalue weighted by Crippen LogP contribution is -2.08. The molecule has 0 spiro atoms. The second-order valence-corrected chi connectivity index (χ2v) is 3.32. The van der Waals surface area contributed by atoms with Crippen molar-refractivity contribution in [1.82, 2.24) is 9.78 Å². The molecular formula is C10H16N2O2. The summed E-state index contributed by atoms with van der Waals surface area (Å²) in [5.74, 6) is 0.0728. The predicted octanol–water partition coefficient (Wildman–Crippen LogP) is 1.35. The van der Waals surface area contributed by atoms with Gasteiger partial charge in [-0.25, -0.2) is 0 Å². The van der Waals surface area contributed by atoms with E-state index in [1.165, 1.54) is 0 Å². The van der Waals surface area contributed by atoms with Crippen molar-refractivity contribution in [2.75, 3.05) is 13.7 Å². The molecule has 0 saturated heterocycles. The van der Waals surface area contributed by atoms with Crippen LogP contribution in [0.2, 0.25) is 0 Å². The van der Waals surface area contributed by atoms with Crippen LogP contribution in [0.3, 0.4) is 0 Å². The first-order chi connectivity index (χ1) is 6.57. The highest BCUT2D eigenvalue weighted by Gasteiger charge is 2.14. The first-order valence-corrected chi connectivity index (χ1v) is 4.61. The fraction of sp³-hybridized carbons (Fsp3) is 0.600. The largest absolute Gasteiger partial charge is 0.383 e. The molecule has 78 valence electrons. The third-order valence-electron chi connectivity index (χ3n) is 2.24. The van der Waals surface area contributed by atoms with Crippen molar-refractivity contribution >= 4 is 5.78 Å². The Labute approximate surface area is 83.9 Å². The molecule has 0 aliphatic heterocycles. The Hall–Kier alpha value is -1.16. The SMILES string of the molecule is COCCn1nc(C)c(C(C)=O)c1C. The van der Waals surface area contributed by atoms with Crippen molar-refractivity contribution in [3.8, 4) is 0 Å². The number of rotatable bonds is 4. The van der Waals surface area contributed by atoms with Crippen LogP contribution < -0.4 is 0 Å². The summed E-state index contributed by atoms with van der Waals surface area (Å²) in [7, 11) is 1.65. The average molecular weight is 196 g/mol. The standard InChI is InChI=1S/C10H16N2O2/c1-7-10(9(3)13)8(2)12(11-7)5-6-14-4/h5-6H2,1-4H3. The van der Waals surface area contributed by atoms with E-state index in [9.17, 15) is 4.79 Å². The Morgan fingerprint density at radius 1 is 1.50 bits per heavy atom. The van der Waals surface area contributed by atoms with Crippen LogP contribution >= 0.6 is 0 Å². The highest BCUT2D eigenvalue weighted by Crippen LogP contribution is 2.13. The van der Waals surface area contributed by atoms with Gasteiger partial charge in [0.1, 0.15) is 0 Å². The van der Waals surface area contributed by atoms with Crippen molar-refractivity contribution in [3.05, 3.63) is 17.0 Å². The molecule has 0 amide bonds. The molecule has 1 aromatic heterocycles. The van der Waals surface area contributed by atoms with Gasteiger partial charge in [0.2, 0.25) is 0 Å². The Balaban J connectivity index is 2.98. The van der Waals surface area contributed by atoms with Gasteiger partial charge in [-0.2, -0.15) is 5.10 Å². The van der Waals surface area contributed by atoms with Crippen LogP contribution in [-0.4, -0.2) is 29.3 Å². The lowest BCUT2D eigenvalue weighted by Gasteiger charge is -2.02. The number of hydrogen-bond donors (Lipinski definition) is 0. The number of aryl methyl sites for hydroxylation is 1. The van der Waals surface area contributed by atoms with E-state index in [0.717, 1.165) is 17.0 Å². The first-order valence-electron chi connectivity index (χ1n) is 4.61. The van der Waals surface area contributed by atoms with Gasteiger partial charge >= 0.3 is 0 Å². The number of ether oxygens (including phenoxy) is 1. The zero-order chi connectivity index (χ0) is 10.7. The highest BCUT2D eigenvalue weighted by atomic mass is 16.5. The smallest absolute Gasteiger partial charge is 0.163 e. The van der Waals surface area contributed by atoms with E-state index >= 15 is 0 Å². The summed E-state index contributed by atoms with van der Waals surface area (Å²) in [4.78, 5) is 11.3. The summed E-state index contributed by atoms with van der Waals surface area (Å²) >= 11 is 0. The Bertz CT molecular complexity index is 342. The maximum Gasteiger partial charge on any atom is 0.163 e. The number of nitrogens with zero attached hydrogens (tertiary/aromatic N) is 2. The summed E-state index contributed by atoms with van der Waals surface area (Å²) in [5.41, 5.74) is 2.46. The van der Waals surface area contributed by atoms with E-state index in [4.69, 9.17) is 4.74 Å². The minimum atomic E-state index is 0.0728. The number of Topliss-reactive ketones (excluding diaryl/α,β-unsaturated/α-hetero) is 1. The van der Waals surface area contributed by atoms with Crippen molar-refractivity contribution < 1.29 is 9.53 Å². The van der Waals surface area contributed by atoms with Gasteiger partial charge < -0.3 is 4.74 Å². The molecule has 14 heavy (non-hydrogen) atoms. The number of carbonyl (C=O) groups is 1. The minimum absolute atomic E-state index is 0.0728. The van der Waals surface area contributed by atoms with Gasteiger partial charge in [0.25, 0.3) is 0 Å². The van der Waals surface area contributed by atoms with Gasteiger partial charge in [-0.1, -0.05) is 0 Å². The predicted molar refractivity (Wildman–Crippen MR) is 53.6 cm³/mol. The van der Waals surface area contributed by atoms with E-state index in [1.54, 1.807) is 14.0 Å². The lowest BCUT2D eigenvalue weighted by atomic mass is 10.1. The number of ketones is 1. The van der Waals surface area contributed by atoms with Crippen LogP contribution in [0.1, 0.15) is 28.7 Å². The molecule has 4 nitrogen and oxygen atoms in total. The van der Waals surface area contributed by atoms with Crippen LogP contribution in [0, 0.1) is 13.8 Å². The third-order valence-corrected chi connectivity index (χ3v) is 2.24. The molecule has 0 saturated carbocycles. The van der Waals surface area contributed by atoms with Gasteiger partial charge in [0.05, 0.1) is 24.4 Å². The molecular weight excluding hydrogens is 180 g/mol. The third kappa shape index (κ3) is 2.01. The van der Waals surface area contributed by atoms with Crippen molar-refractivity contribution in [1.29, 1.82) is 0 Å². The normalized spacial score (nSPS) is 10.6. The minimum Gasteiger partial charge on any atom is -0.383 e. The van der Waals surface area contributed by atoms with E-state index in [1.807, 2.05) is 18.5 Å². The van der Waals surface area contributed by atoms with Crippen molar-refractivity contribution in [2.45, 2.75) is 27.3 Å². The Kier molecular flexibility index (Phi) is 3.41. The zero-order valence-corrected chi connectivity index (χ0v) is 9.13. The van der Waals surface area contributed by atoms with E-state index in [-0.39, 0.29) is 5.78 Å². The van der Waals surface area contributed by atoms with Gasteiger partial charge in [0.15, 0.2) is 5.78 Å². The lowest BCUT2D eigenvalue weighted by molar-refractivity contribution is 0.101. The molecule has 0 aliphatic rings. The van der Waals surface area contributed by atoms with E-state index in [0.29, 0.717) is 13.2 Å². The molecule has 1 rings (SSSR count). The molecule has 0 bridgehead atoms. The first kappa shape index (κ1) is 10.9. The van der Waals surface area contributed by atoms with Crippen molar-refractivity contribution in [3.63, 3.8) is 0 Å². The number of hydrogen-bond acceptors (Lipinski definition) is 3.